The number of rotatable bonds is 7. The minimum atomic E-state index is 0.459. The highest BCUT2D eigenvalue weighted by molar-refractivity contribution is 7.10. The van der Waals surface area contributed by atoms with E-state index in [4.69, 9.17) is 4.74 Å². The molecule has 0 spiro atoms. The van der Waals surface area contributed by atoms with Gasteiger partial charge in [-0.1, -0.05) is 36.4 Å². The molecule has 0 saturated carbocycles. The van der Waals surface area contributed by atoms with Crippen LogP contribution in [0.2, 0.25) is 0 Å². The van der Waals surface area contributed by atoms with Gasteiger partial charge in [-0.3, -0.25) is 4.90 Å². The highest BCUT2D eigenvalue weighted by atomic mass is 32.1. The summed E-state index contributed by atoms with van der Waals surface area (Å²) in [5, 5.41) is 2.13. The molecule has 1 atom stereocenters. The van der Waals surface area contributed by atoms with Crippen molar-refractivity contribution in [1.82, 2.24) is 4.90 Å². The summed E-state index contributed by atoms with van der Waals surface area (Å²) in [4.78, 5) is 3.74. The molecule has 0 amide bonds. The molecule has 0 saturated heterocycles. The van der Waals surface area contributed by atoms with Crippen LogP contribution in [0.1, 0.15) is 23.4 Å². The van der Waals surface area contributed by atoms with Gasteiger partial charge < -0.3 is 4.74 Å². The Morgan fingerprint density at radius 2 is 1.95 bits per heavy atom. The van der Waals surface area contributed by atoms with Crippen LogP contribution in [-0.4, -0.2) is 25.1 Å². The third kappa shape index (κ3) is 4.46. The first-order valence-corrected chi connectivity index (χ1v) is 7.50. The van der Waals surface area contributed by atoms with E-state index >= 15 is 0 Å². The van der Waals surface area contributed by atoms with Gasteiger partial charge in [-0.15, -0.1) is 11.3 Å². The average molecular weight is 275 g/mol. The summed E-state index contributed by atoms with van der Waals surface area (Å²) in [6, 6.07) is 15.1. The van der Waals surface area contributed by atoms with Gasteiger partial charge in [0.05, 0.1) is 13.2 Å². The molecule has 1 aromatic heterocycles. The standard InChI is InChI=1S/C16H21NOS/c1-14(16-9-6-12-19-16)17(2)10-11-18-13-15-7-4-3-5-8-15/h3-9,12,14H,10-11,13H2,1-2H3. The van der Waals surface area contributed by atoms with E-state index < -0.39 is 0 Å². The fourth-order valence-corrected chi connectivity index (χ4v) is 2.76. The van der Waals surface area contributed by atoms with E-state index in [-0.39, 0.29) is 0 Å². The number of hydrogen-bond acceptors (Lipinski definition) is 3. The predicted octanol–water partition coefficient (Wildman–Crippen LogP) is 3.96. The molecular weight excluding hydrogens is 254 g/mol. The van der Waals surface area contributed by atoms with Gasteiger partial charge in [-0.25, -0.2) is 0 Å². The van der Waals surface area contributed by atoms with E-state index in [1.165, 1.54) is 10.4 Å². The summed E-state index contributed by atoms with van der Waals surface area (Å²) in [5.41, 5.74) is 1.23. The molecule has 0 radical (unpaired) electrons. The van der Waals surface area contributed by atoms with Crippen LogP contribution in [-0.2, 0) is 11.3 Å². The maximum absolute atomic E-state index is 5.72. The molecule has 1 unspecified atom stereocenters. The first-order valence-electron chi connectivity index (χ1n) is 6.62. The van der Waals surface area contributed by atoms with E-state index in [0.717, 1.165) is 13.2 Å². The molecule has 0 fully saturated rings. The smallest absolute Gasteiger partial charge is 0.0717 e. The molecule has 1 aromatic carbocycles. The number of nitrogens with zero attached hydrogens (tertiary/aromatic N) is 1. The lowest BCUT2D eigenvalue weighted by atomic mass is 10.2. The fourth-order valence-electron chi connectivity index (χ4n) is 1.91. The van der Waals surface area contributed by atoms with Crippen LogP contribution in [0.15, 0.2) is 47.8 Å². The van der Waals surface area contributed by atoms with Crippen molar-refractivity contribution >= 4 is 11.3 Å². The maximum Gasteiger partial charge on any atom is 0.0717 e. The van der Waals surface area contributed by atoms with Gasteiger partial charge in [0, 0.05) is 17.5 Å². The fraction of sp³-hybridized carbons (Fsp3) is 0.375. The minimum Gasteiger partial charge on any atom is -0.375 e. The van der Waals surface area contributed by atoms with Crippen LogP contribution >= 0.6 is 11.3 Å². The van der Waals surface area contributed by atoms with E-state index in [1.54, 1.807) is 0 Å². The van der Waals surface area contributed by atoms with Gasteiger partial charge in [0.15, 0.2) is 0 Å². The topological polar surface area (TPSA) is 12.5 Å². The third-order valence-corrected chi connectivity index (χ3v) is 4.36. The Hall–Kier alpha value is -1.16. The Kier molecular flexibility index (Phi) is 5.58. The second-order valence-electron chi connectivity index (χ2n) is 4.71. The Labute approximate surface area is 119 Å². The highest BCUT2D eigenvalue weighted by Gasteiger charge is 2.11. The molecular formula is C16H21NOS. The number of likely N-dealkylation sites (N-methyl/N-ethyl adjacent to an activating group) is 1. The van der Waals surface area contributed by atoms with Crippen molar-refractivity contribution in [2.24, 2.45) is 0 Å². The average Bonchev–Trinajstić information content (AvgIpc) is 2.98. The zero-order chi connectivity index (χ0) is 13.5. The molecule has 102 valence electrons. The van der Waals surface area contributed by atoms with Crippen LogP contribution in [0.25, 0.3) is 0 Å². The Morgan fingerprint density at radius 3 is 2.63 bits per heavy atom. The van der Waals surface area contributed by atoms with Crippen LogP contribution < -0.4 is 0 Å². The lowest BCUT2D eigenvalue weighted by molar-refractivity contribution is 0.0904. The number of ether oxygens (including phenoxy) is 1. The zero-order valence-corrected chi connectivity index (χ0v) is 12.4. The predicted molar refractivity (Wildman–Crippen MR) is 81.5 cm³/mol. The van der Waals surface area contributed by atoms with Crippen molar-refractivity contribution < 1.29 is 4.74 Å². The van der Waals surface area contributed by atoms with Crippen molar-refractivity contribution in [3.05, 3.63) is 58.3 Å². The van der Waals surface area contributed by atoms with E-state index in [9.17, 15) is 0 Å². The summed E-state index contributed by atoms with van der Waals surface area (Å²) in [7, 11) is 2.15. The number of benzene rings is 1. The lowest BCUT2D eigenvalue weighted by Crippen LogP contribution is -2.25. The molecule has 2 aromatic rings. The Balaban J connectivity index is 1.68. The van der Waals surface area contributed by atoms with Crippen molar-refractivity contribution in [1.29, 1.82) is 0 Å². The Morgan fingerprint density at radius 1 is 1.16 bits per heavy atom. The third-order valence-electron chi connectivity index (χ3n) is 3.32. The van der Waals surface area contributed by atoms with E-state index in [2.05, 4.69) is 48.5 Å². The molecule has 1 heterocycles. The molecule has 2 nitrogen and oxygen atoms in total. The molecule has 2 rings (SSSR count). The number of hydrogen-bond donors (Lipinski definition) is 0. The summed E-state index contributed by atoms with van der Waals surface area (Å²) in [5.74, 6) is 0. The molecule has 0 aliphatic rings. The lowest BCUT2D eigenvalue weighted by Gasteiger charge is -2.23. The second kappa shape index (κ2) is 7.43. The summed E-state index contributed by atoms with van der Waals surface area (Å²) < 4.78 is 5.72. The molecule has 0 N–H and O–H groups in total. The minimum absolute atomic E-state index is 0.459. The zero-order valence-electron chi connectivity index (χ0n) is 11.6. The maximum atomic E-state index is 5.72. The molecule has 19 heavy (non-hydrogen) atoms. The molecule has 0 aliphatic heterocycles. The first-order chi connectivity index (χ1) is 9.27. The Bertz CT molecular complexity index is 455. The van der Waals surface area contributed by atoms with Gasteiger partial charge in [0.1, 0.15) is 0 Å². The van der Waals surface area contributed by atoms with Crippen LogP contribution in [0.4, 0.5) is 0 Å². The largest absolute Gasteiger partial charge is 0.375 e. The van der Waals surface area contributed by atoms with Crippen molar-refractivity contribution in [3.8, 4) is 0 Å². The van der Waals surface area contributed by atoms with E-state index in [1.807, 2.05) is 29.5 Å². The van der Waals surface area contributed by atoms with Gasteiger partial charge in [-0.05, 0) is 31.0 Å². The molecule has 0 aliphatic carbocycles. The first kappa shape index (κ1) is 14.3. The van der Waals surface area contributed by atoms with Crippen LogP contribution in [0.5, 0.6) is 0 Å². The van der Waals surface area contributed by atoms with Gasteiger partial charge >= 0.3 is 0 Å². The number of thiophene rings is 1. The quantitative estimate of drug-likeness (QED) is 0.709. The van der Waals surface area contributed by atoms with E-state index in [0.29, 0.717) is 12.6 Å². The van der Waals surface area contributed by atoms with Crippen LogP contribution in [0.3, 0.4) is 0 Å². The van der Waals surface area contributed by atoms with Crippen LogP contribution in [0, 0.1) is 0 Å². The highest BCUT2D eigenvalue weighted by Crippen LogP contribution is 2.22. The second-order valence-corrected chi connectivity index (χ2v) is 5.69. The van der Waals surface area contributed by atoms with Crippen molar-refractivity contribution in [3.63, 3.8) is 0 Å². The normalized spacial score (nSPS) is 12.8. The summed E-state index contributed by atoms with van der Waals surface area (Å²) in [6.45, 7) is 4.65. The molecule has 0 bridgehead atoms. The van der Waals surface area contributed by atoms with Crippen molar-refractivity contribution in [2.45, 2.75) is 19.6 Å². The SMILES string of the molecule is CC(c1cccs1)N(C)CCOCc1ccccc1. The molecule has 3 heteroatoms. The van der Waals surface area contributed by atoms with Gasteiger partial charge in [0.2, 0.25) is 0 Å². The van der Waals surface area contributed by atoms with Gasteiger partial charge in [0.25, 0.3) is 0 Å². The monoisotopic (exact) mass is 275 g/mol. The van der Waals surface area contributed by atoms with Crippen molar-refractivity contribution in [2.75, 3.05) is 20.2 Å². The van der Waals surface area contributed by atoms with Gasteiger partial charge in [-0.2, -0.15) is 0 Å². The summed E-state index contributed by atoms with van der Waals surface area (Å²) in [6.07, 6.45) is 0. The summed E-state index contributed by atoms with van der Waals surface area (Å²) >= 11 is 1.81.